The summed E-state index contributed by atoms with van der Waals surface area (Å²) in [4.78, 5) is 27.9. The van der Waals surface area contributed by atoms with Crippen LogP contribution in [0.25, 0.3) is 0 Å². The molecule has 0 spiro atoms. The molecule has 1 N–H and O–H groups in total. The summed E-state index contributed by atoms with van der Waals surface area (Å²) in [7, 11) is 0. The average molecular weight is 353 g/mol. The lowest BCUT2D eigenvalue weighted by atomic mass is 9.98. The molecule has 8 heteroatoms. The van der Waals surface area contributed by atoms with Gasteiger partial charge in [-0.25, -0.2) is 9.18 Å². The normalized spacial score (nSPS) is 16.5. The zero-order valence-corrected chi connectivity index (χ0v) is 15.0. The minimum atomic E-state index is -0.574. The molecule has 1 aliphatic heterocycles. The Morgan fingerprint density at radius 3 is 2.48 bits per heavy atom. The Balaban J connectivity index is 1.98. The quantitative estimate of drug-likeness (QED) is 0.659. The summed E-state index contributed by atoms with van der Waals surface area (Å²) < 4.78 is 13.8. The molecule has 7 nitrogen and oxygen atoms in total. The molecule has 1 fully saturated rings. The van der Waals surface area contributed by atoms with Gasteiger partial charge in [-0.2, -0.15) is 0 Å². The van der Waals surface area contributed by atoms with Crippen LogP contribution >= 0.6 is 0 Å². The second kappa shape index (κ2) is 7.35. The summed E-state index contributed by atoms with van der Waals surface area (Å²) in [6.07, 6.45) is 1.26. The van der Waals surface area contributed by atoms with Gasteiger partial charge in [0.1, 0.15) is 11.5 Å². The monoisotopic (exact) mass is 353 g/mol. The van der Waals surface area contributed by atoms with Crippen LogP contribution in [-0.2, 0) is 9.63 Å². The first-order valence-electron chi connectivity index (χ1n) is 8.26. The summed E-state index contributed by atoms with van der Waals surface area (Å²) >= 11 is 0. The van der Waals surface area contributed by atoms with Crippen molar-refractivity contribution in [3.63, 3.8) is 0 Å². The number of rotatable bonds is 4. The van der Waals surface area contributed by atoms with Gasteiger partial charge in [0.05, 0.1) is 10.3 Å². The number of hydrogen-bond acceptors (Lipinski definition) is 6. The highest BCUT2D eigenvalue weighted by Crippen LogP contribution is 2.29. The van der Waals surface area contributed by atoms with E-state index in [2.05, 4.69) is 5.32 Å². The van der Waals surface area contributed by atoms with Crippen LogP contribution in [-0.4, -0.2) is 35.1 Å². The van der Waals surface area contributed by atoms with Gasteiger partial charge >= 0.3 is 5.97 Å². The van der Waals surface area contributed by atoms with Crippen LogP contribution in [0.4, 0.5) is 15.8 Å². The van der Waals surface area contributed by atoms with Gasteiger partial charge < -0.3 is 10.2 Å². The smallest absolute Gasteiger partial charge is 0.330 e. The molecular weight excluding hydrogens is 329 g/mol. The Morgan fingerprint density at radius 1 is 1.36 bits per heavy atom. The van der Waals surface area contributed by atoms with E-state index in [1.165, 1.54) is 19.1 Å². The molecule has 1 heterocycles. The molecule has 0 aliphatic carbocycles. The van der Waals surface area contributed by atoms with Crippen molar-refractivity contribution in [1.29, 1.82) is 0 Å². The van der Waals surface area contributed by atoms with Crippen LogP contribution in [0.5, 0.6) is 0 Å². The van der Waals surface area contributed by atoms with Gasteiger partial charge in [0.25, 0.3) is 5.69 Å². The van der Waals surface area contributed by atoms with E-state index in [0.717, 1.165) is 0 Å². The second-order valence-electron chi connectivity index (χ2n) is 7.35. The highest BCUT2D eigenvalue weighted by atomic mass is 19.1. The maximum absolute atomic E-state index is 13.8. The molecule has 138 valence electrons. The van der Waals surface area contributed by atoms with Crippen molar-refractivity contribution in [2.45, 2.75) is 46.6 Å². The van der Waals surface area contributed by atoms with Crippen molar-refractivity contribution in [2.24, 2.45) is 5.41 Å². The molecule has 0 amide bonds. The number of hydroxylamine groups is 2. The molecule has 1 saturated heterocycles. The van der Waals surface area contributed by atoms with E-state index >= 15 is 0 Å². The maximum atomic E-state index is 13.8. The third-order valence-corrected chi connectivity index (χ3v) is 4.11. The zero-order chi connectivity index (χ0) is 18.8. The molecule has 0 radical (unpaired) electrons. The summed E-state index contributed by atoms with van der Waals surface area (Å²) in [6, 6.07) is 2.35. The van der Waals surface area contributed by atoms with Gasteiger partial charge in [0.15, 0.2) is 0 Å². The fraction of sp³-hybridized carbons (Fsp3) is 0.588. The predicted octanol–water partition coefficient (Wildman–Crippen LogP) is 3.42. The highest BCUT2D eigenvalue weighted by molar-refractivity contribution is 5.75. The lowest BCUT2D eigenvalue weighted by Crippen LogP contribution is -2.42. The van der Waals surface area contributed by atoms with Gasteiger partial charge in [0, 0.05) is 31.3 Å². The van der Waals surface area contributed by atoms with Crippen LogP contribution in [0.3, 0.4) is 0 Å². The topological polar surface area (TPSA) is 84.7 Å². The lowest BCUT2D eigenvalue weighted by Gasteiger charge is -2.32. The van der Waals surface area contributed by atoms with Gasteiger partial charge in [-0.05, 0) is 46.1 Å². The maximum Gasteiger partial charge on any atom is 0.330 e. The number of anilines is 1. The Hall–Kier alpha value is -2.22. The van der Waals surface area contributed by atoms with Crippen molar-refractivity contribution in [3.8, 4) is 0 Å². The number of halogens is 1. The fourth-order valence-corrected chi connectivity index (χ4v) is 2.50. The van der Waals surface area contributed by atoms with E-state index in [1.54, 1.807) is 25.8 Å². The van der Waals surface area contributed by atoms with Crippen molar-refractivity contribution in [1.82, 2.24) is 5.06 Å². The summed E-state index contributed by atoms with van der Waals surface area (Å²) in [5, 5.41) is 15.8. The predicted molar refractivity (Wildman–Crippen MR) is 91.6 cm³/mol. The number of nitro benzene ring substituents is 1. The van der Waals surface area contributed by atoms with Gasteiger partial charge in [0.2, 0.25) is 0 Å². The van der Waals surface area contributed by atoms with Crippen LogP contribution in [0.1, 0.15) is 39.2 Å². The van der Waals surface area contributed by atoms with E-state index in [0.29, 0.717) is 25.9 Å². The Kier molecular flexibility index (Phi) is 5.62. The minimum Gasteiger partial charge on any atom is -0.377 e. The van der Waals surface area contributed by atoms with Crippen molar-refractivity contribution in [2.75, 3.05) is 18.4 Å². The van der Waals surface area contributed by atoms with Crippen LogP contribution < -0.4 is 5.32 Å². The molecule has 25 heavy (non-hydrogen) atoms. The third-order valence-electron chi connectivity index (χ3n) is 4.11. The van der Waals surface area contributed by atoms with Crippen molar-refractivity contribution in [3.05, 3.63) is 33.6 Å². The molecule has 1 aliphatic rings. The Bertz CT molecular complexity index is 665. The van der Waals surface area contributed by atoms with Crippen LogP contribution in [0.2, 0.25) is 0 Å². The van der Waals surface area contributed by atoms with Gasteiger partial charge in [-0.15, -0.1) is 5.06 Å². The number of carbonyl (C=O) groups excluding carboxylic acids is 1. The lowest BCUT2D eigenvalue weighted by molar-refractivity contribution is -0.384. The van der Waals surface area contributed by atoms with Gasteiger partial charge in [-0.3, -0.25) is 10.1 Å². The first-order chi connectivity index (χ1) is 11.6. The second-order valence-corrected chi connectivity index (χ2v) is 7.35. The molecule has 0 saturated carbocycles. The molecule has 0 aromatic heterocycles. The number of carbonyl (C=O) groups is 1. The molecule has 1 aromatic rings. The standard InChI is InChI=1S/C17H24FN3O4/c1-11-9-15(21(23)24)14(10-13(11)18)19-12-5-7-20(8-6-12)25-16(22)17(2,3)4/h9-10,12,19H,5-8H2,1-4H3. The summed E-state index contributed by atoms with van der Waals surface area (Å²) in [5.74, 6) is -0.778. The van der Waals surface area contributed by atoms with E-state index < -0.39 is 16.2 Å². The number of nitrogens with one attached hydrogen (secondary N) is 1. The van der Waals surface area contributed by atoms with E-state index in [4.69, 9.17) is 4.84 Å². The molecule has 2 rings (SSSR count). The first-order valence-corrected chi connectivity index (χ1v) is 8.26. The number of hydrogen-bond donors (Lipinski definition) is 1. The molecule has 1 aromatic carbocycles. The Morgan fingerprint density at radius 2 is 1.96 bits per heavy atom. The zero-order valence-electron chi connectivity index (χ0n) is 15.0. The molecule has 0 atom stereocenters. The fourth-order valence-electron chi connectivity index (χ4n) is 2.50. The van der Waals surface area contributed by atoms with Crippen LogP contribution in [0, 0.1) is 28.3 Å². The van der Waals surface area contributed by atoms with Crippen LogP contribution in [0.15, 0.2) is 12.1 Å². The molecular formula is C17H24FN3O4. The third kappa shape index (κ3) is 4.88. The minimum absolute atomic E-state index is 0.0506. The van der Waals surface area contributed by atoms with Crippen molar-refractivity contribution < 1.29 is 18.9 Å². The van der Waals surface area contributed by atoms with Gasteiger partial charge in [-0.1, -0.05) is 0 Å². The Labute approximate surface area is 146 Å². The van der Waals surface area contributed by atoms with Crippen molar-refractivity contribution >= 4 is 17.3 Å². The number of piperidine rings is 1. The SMILES string of the molecule is Cc1cc([N+](=O)[O-])c(NC2CCN(OC(=O)C(C)(C)C)CC2)cc1F. The summed E-state index contributed by atoms with van der Waals surface area (Å²) in [5.41, 5.74) is -0.297. The average Bonchev–Trinajstić information content (AvgIpc) is 2.51. The summed E-state index contributed by atoms with van der Waals surface area (Å²) in [6.45, 7) is 7.88. The van der Waals surface area contributed by atoms with E-state index in [1.807, 2.05) is 0 Å². The number of aryl methyl sites for hydroxylation is 1. The first kappa shape index (κ1) is 19.1. The number of nitrogens with zero attached hydrogens (tertiary/aromatic N) is 2. The largest absolute Gasteiger partial charge is 0.377 e. The number of benzene rings is 1. The number of nitro groups is 1. The highest BCUT2D eigenvalue weighted by Gasteiger charge is 2.29. The van der Waals surface area contributed by atoms with E-state index in [-0.39, 0.29) is 28.9 Å². The van der Waals surface area contributed by atoms with E-state index in [9.17, 15) is 19.3 Å². The molecule has 0 bridgehead atoms. The molecule has 0 unspecified atom stereocenters.